The van der Waals surface area contributed by atoms with E-state index in [1.54, 1.807) is 0 Å². The summed E-state index contributed by atoms with van der Waals surface area (Å²) in [6.45, 7) is 3.00. The molecule has 1 N–H and O–H groups in total. The highest BCUT2D eigenvalue weighted by Crippen LogP contribution is 2.15. The molecule has 0 atom stereocenters. The van der Waals surface area contributed by atoms with Crippen molar-refractivity contribution in [3.63, 3.8) is 0 Å². The number of ether oxygens (including phenoxy) is 1. The molecule has 0 aromatic carbocycles. The SMILES string of the molecule is OCCCOC1CN(I)C1. The first-order valence-corrected chi connectivity index (χ1v) is 4.42. The summed E-state index contributed by atoms with van der Waals surface area (Å²) in [5.74, 6) is 0. The molecule has 1 heterocycles. The Hall–Kier alpha value is 0.610. The molecule has 60 valence electrons. The lowest BCUT2D eigenvalue weighted by Gasteiger charge is -2.33. The highest BCUT2D eigenvalue weighted by atomic mass is 127. The molecule has 0 spiro atoms. The number of aliphatic hydroxyl groups is 1. The van der Waals surface area contributed by atoms with Gasteiger partial charge in [0.2, 0.25) is 0 Å². The normalized spacial score (nSPS) is 21.0. The molecule has 0 radical (unpaired) electrons. The summed E-state index contributed by atoms with van der Waals surface area (Å²) in [4.78, 5) is 0. The third-order valence-corrected chi connectivity index (χ3v) is 2.25. The zero-order chi connectivity index (χ0) is 7.40. The number of aliphatic hydroxyl groups excluding tert-OH is 1. The Morgan fingerprint density at radius 1 is 1.60 bits per heavy atom. The molecule has 1 saturated heterocycles. The fraction of sp³-hybridized carbons (Fsp3) is 1.00. The Morgan fingerprint density at radius 3 is 2.80 bits per heavy atom. The Labute approximate surface area is 74.8 Å². The lowest BCUT2D eigenvalue weighted by atomic mass is 10.2. The van der Waals surface area contributed by atoms with E-state index in [1.165, 1.54) is 0 Å². The van der Waals surface area contributed by atoms with E-state index in [0.29, 0.717) is 12.7 Å². The molecule has 0 bridgehead atoms. The summed E-state index contributed by atoms with van der Waals surface area (Å²) in [5, 5.41) is 8.43. The second-order valence-electron chi connectivity index (χ2n) is 2.40. The van der Waals surface area contributed by atoms with Crippen LogP contribution in [0.25, 0.3) is 0 Å². The second-order valence-corrected chi connectivity index (χ2v) is 3.76. The maximum Gasteiger partial charge on any atom is 0.0844 e. The zero-order valence-corrected chi connectivity index (χ0v) is 7.95. The van der Waals surface area contributed by atoms with Gasteiger partial charge in [-0.25, -0.2) is 3.11 Å². The van der Waals surface area contributed by atoms with Crippen molar-refractivity contribution in [1.29, 1.82) is 0 Å². The fourth-order valence-corrected chi connectivity index (χ4v) is 1.69. The number of halogens is 1. The molecule has 0 aromatic heterocycles. The standard InChI is InChI=1S/C6H12INO2/c7-8-4-6(5-8)10-3-1-2-9/h6,9H,1-5H2. The molecule has 3 nitrogen and oxygen atoms in total. The summed E-state index contributed by atoms with van der Waals surface area (Å²) < 4.78 is 7.56. The number of rotatable bonds is 4. The van der Waals surface area contributed by atoms with Gasteiger partial charge in [0, 0.05) is 49.2 Å². The fourth-order valence-electron chi connectivity index (χ4n) is 0.808. The highest BCUT2D eigenvalue weighted by molar-refractivity contribution is 14.1. The van der Waals surface area contributed by atoms with Crippen LogP contribution in [-0.2, 0) is 4.74 Å². The topological polar surface area (TPSA) is 32.7 Å². The Kier molecular flexibility index (Phi) is 3.90. The summed E-state index contributed by atoms with van der Waals surface area (Å²) in [5.41, 5.74) is 0. The van der Waals surface area contributed by atoms with Gasteiger partial charge >= 0.3 is 0 Å². The first-order chi connectivity index (χ1) is 4.83. The van der Waals surface area contributed by atoms with Crippen LogP contribution < -0.4 is 0 Å². The van der Waals surface area contributed by atoms with Crippen LogP contribution >= 0.6 is 22.9 Å². The lowest BCUT2D eigenvalue weighted by Crippen LogP contribution is -2.46. The van der Waals surface area contributed by atoms with Gasteiger partial charge in [-0.1, -0.05) is 0 Å². The largest absolute Gasteiger partial charge is 0.396 e. The van der Waals surface area contributed by atoms with Crippen LogP contribution in [0.5, 0.6) is 0 Å². The van der Waals surface area contributed by atoms with Crippen molar-refractivity contribution in [2.45, 2.75) is 12.5 Å². The molecule has 0 amide bonds. The number of nitrogens with zero attached hydrogens (tertiary/aromatic N) is 1. The quantitative estimate of drug-likeness (QED) is 0.450. The third kappa shape index (κ3) is 2.69. The molecule has 0 aromatic rings. The average Bonchev–Trinajstić information content (AvgIpc) is 1.85. The van der Waals surface area contributed by atoms with Gasteiger partial charge in [-0.3, -0.25) is 0 Å². The van der Waals surface area contributed by atoms with E-state index in [-0.39, 0.29) is 6.61 Å². The highest BCUT2D eigenvalue weighted by Gasteiger charge is 2.24. The van der Waals surface area contributed by atoms with Gasteiger partial charge in [0.15, 0.2) is 0 Å². The lowest BCUT2D eigenvalue weighted by molar-refractivity contribution is -0.0140. The number of hydrogen-bond acceptors (Lipinski definition) is 3. The summed E-state index contributed by atoms with van der Waals surface area (Å²) in [7, 11) is 0. The van der Waals surface area contributed by atoms with Crippen LogP contribution in [-0.4, -0.2) is 40.6 Å². The first-order valence-electron chi connectivity index (χ1n) is 3.46. The molecular formula is C6H12INO2. The van der Waals surface area contributed by atoms with E-state index in [1.807, 2.05) is 0 Å². The van der Waals surface area contributed by atoms with E-state index in [4.69, 9.17) is 9.84 Å². The predicted molar refractivity (Wildman–Crippen MR) is 47.0 cm³/mol. The maximum absolute atomic E-state index is 8.43. The molecular weight excluding hydrogens is 245 g/mol. The smallest absolute Gasteiger partial charge is 0.0844 e. The van der Waals surface area contributed by atoms with E-state index in [2.05, 4.69) is 26.0 Å². The van der Waals surface area contributed by atoms with Crippen molar-refractivity contribution in [3.05, 3.63) is 0 Å². The zero-order valence-electron chi connectivity index (χ0n) is 5.79. The Bertz CT molecular complexity index is 95.7. The molecule has 1 aliphatic rings. The van der Waals surface area contributed by atoms with Crippen LogP contribution in [0.1, 0.15) is 6.42 Å². The first kappa shape index (κ1) is 8.70. The van der Waals surface area contributed by atoms with Gasteiger partial charge in [0.1, 0.15) is 0 Å². The Morgan fingerprint density at radius 2 is 2.30 bits per heavy atom. The van der Waals surface area contributed by atoms with Crippen LogP contribution in [0.4, 0.5) is 0 Å². The minimum atomic E-state index is 0.237. The van der Waals surface area contributed by atoms with Gasteiger partial charge in [0.25, 0.3) is 0 Å². The molecule has 1 rings (SSSR count). The van der Waals surface area contributed by atoms with Gasteiger partial charge in [0.05, 0.1) is 6.10 Å². The van der Waals surface area contributed by atoms with E-state index < -0.39 is 0 Å². The van der Waals surface area contributed by atoms with E-state index in [0.717, 1.165) is 19.5 Å². The molecule has 0 aliphatic carbocycles. The molecule has 0 unspecified atom stereocenters. The van der Waals surface area contributed by atoms with Crippen molar-refractivity contribution >= 4 is 22.9 Å². The van der Waals surface area contributed by atoms with Crippen molar-refractivity contribution in [2.24, 2.45) is 0 Å². The third-order valence-electron chi connectivity index (χ3n) is 1.46. The van der Waals surface area contributed by atoms with Gasteiger partial charge in [-0.05, 0) is 6.42 Å². The predicted octanol–water partition coefficient (Wildman–Crippen LogP) is 0.420. The van der Waals surface area contributed by atoms with E-state index in [9.17, 15) is 0 Å². The van der Waals surface area contributed by atoms with Crippen LogP contribution in [0.15, 0.2) is 0 Å². The minimum Gasteiger partial charge on any atom is -0.396 e. The van der Waals surface area contributed by atoms with Crippen molar-refractivity contribution in [2.75, 3.05) is 26.3 Å². The minimum absolute atomic E-state index is 0.237. The monoisotopic (exact) mass is 257 g/mol. The molecule has 1 fully saturated rings. The van der Waals surface area contributed by atoms with Crippen LogP contribution in [0, 0.1) is 0 Å². The summed E-state index contributed by atoms with van der Waals surface area (Å²) in [6, 6.07) is 0. The number of hydrogen-bond donors (Lipinski definition) is 1. The van der Waals surface area contributed by atoms with Gasteiger partial charge < -0.3 is 9.84 Å². The maximum atomic E-state index is 8.43. The van der Waals surface area contributed by atoms with Crippen LogP contribution in [0.2, 0.25) is 0 Å². The molecule has 4 heteroatoms. The molecule has 10 heavy (non-hydrogen) atoms. The van der Waals surface area contributed by atoms with Gasteiger partial charge in [-0.2, -0.15) is 0 Å². The van der Waals surface area contributed by atoms with Crippen molar-refractivity contribution in [1.82, 2.24) is 3.11 Å². The molecule has 1 aliphatic heterocycles. The summed E-state index contributed by atoms with van der Waals surface area (Å²) in [6.07, 6.45) is 1.18. The van der Waals surface area contributed by atoms with Gasteiger partial charge in [-0.15, -0.1) is 0 Å². The van der Waals surface area contributed by atoms with E-state index >= 15 is 0 Å². The van der Waals surface area contributed by atoms with Crippen molar-refractivity contribution in [3.8, 4) is 0 Å². The second kappa shape index (κ2) is 4.48. The Balaban J connectivity index is 1.86. The van der Waals surface area contributed by atoms with Crippen LogP contribution in [0.3, 0.4) is 0 Å². The average molecular weight is 257 g/mol. The van der Waals surface area contributed by atoms with Crippen molar-refractivity contribution < 1.29 is 9.84 Å². The summed E-state index contributed by atoms with van der Waals surface area (Å²) >= 11 is 2.27. The molecule has 0 saturated carbocycles.